The molecule has 2 aromatic rings. The summed E-state index contributed by atoms with van der Waals surface area (Å²) >= 11 is 0. The lowest BCUT2D eigenvalue weighted by Crippen LogP contribution is -2.27. The summed E-state index contributed by atoms with van der Waals surface area (Å²) in [6.45, 7) is 6.22. The number of aromatic nitrogens is 2. The monoisotopic (exact) mass is 409 g/mol. The lowest BCUT2D eigenvalue weighted by molar-refractivity contribution is -0.122. The van der Waals surface area contributed by atoms with Crippen LogP contribution in [0.2, 0.25) is 0 Å². The summed E-state index contributed by atoms with van der Waals surface area (Å²) < 4.78 is 6.20. The van der Waals surface area contributed by atoms with E-state index in [2.05, 4.69) is 27.1 Å². The van der Waals surface area contributed by atoms with Crippen LogP contribution in [0.5, 0.6) is 5.75 Å². The molecule has 0 radical (unpaired) electrons. The first kappa shape index (κ1) is 20.4. The van der Waals surface area contributed by atoms with E-state index < -0.39 is 0 Å². The van der Waals surface area contributed by atoms with Gasteiger partial charge in [0, 0.05) is 38.8 Å². The fraction of sp³-hybridized carbons (Fsp3) is 0.522. The number of nitrogens with one attached hydrogen (secondary N) is 1. The Morgan fingerprint density at radius 3 is 2.73 bits per heavy atom. The van der Waals surface area contributed by atoms with E-state index in [1.165, 1.54) is 12.8 Å². The number of amides is 1. The molecule has 7 nitrogen and oxygen atoms in total. The molecule has 2 fully saturated rings. The molecule has 160 valence electrons. The van der Waals surface area contributed by atoms with Gasteiger partial charge in [-0.3, -0.25) is 4.79 Å². The predicted octanol–water partition coefficient (Wildman–Crippen LogP) is 2.97. The Bertz CT molecular complexity index is 868. The van der Waals surface area contributed by atoms with Gasteiger partial charge in [-0.1, -0.05) is 12.1 Å². The molecule has 1 aromatic heterocycles. The van der Waals surface area contributed by atoms with Crippen LogP contribution in [0.25, 0.3) is 0 Å². The summed E-state index contributed by atoms with van der Waals surface area (Å²) in [5.41, 5.74) is 0.995. The minimum absolute atomic E-state index is 0.0501. The third-order valence-electron chi connectivity index (χ3n) is 5.93. The minimum atomic E-state index is -0.165. The first-order chi connectivity index (χ1) is 14.5. The van der Waals surface area contributed by atoms with Gasteiger partial charge in [-0.2, -0.15) is 4.98 Å². The van der Waals surface area contributed by atoms with Gasteiger partial charge in [-0.15, -0.1) is 0 Å². The average molecular weight is 410 g/mol. The minimum Gasteiger partial charge on any atom is -0.489 e. The summed E-state index contributed by atoms with van der Waals surface area (Å²) in [6.07, 6.45) is 5.37. The van der Waals surface area contributed by atoms with Gasteiger partial charge >= 0.3 is 0 Å². The second-order valence-electron chi connectivity index (χ2n) is 8.22. The summed E-state index contributed by atoms with van der Waals surface area (Å²) in [6, 6.07) is 10.4. The molecule has 1 aliphatic carbocycles. The second-order valence-corrected chi connectivity index (χ2v) is 8.22. The number of benzene rings is 1. The number of likely N-dealkylation sites (N-methyl/N-ethyl adjacent to an activating group) is 1. The SMILES string of the molecule is CCNC(=O)C(C)c1ccc(OC2CCN(c3ccnc(N(C)C4CC4)n3)C2)cc1. The van der Waals surface area contributed by atoms with Crippen molar-refractivity contribution in [2.75, 3.05) is 36.5 Å². The van der Waals surface area contributed by atoms with Crippen LogP contribution in [0.1, 0.15) is 44.6 Å². The van der Waals surface area contributed by atoms with Crippen LogP contribution in [-0.2, 0) is 4.79 Å². The van der Waals surface area contributed by atoms with Crippen molar-refractivity contribution in [3.8, 4) is 5.75 Å². The van der Waals surface area contributed by atoms with Crippen LogP contribution in [0.3, 0.4) is 0 Å². The Hall–Kier alpha value is -2.83. The van der Waals surface area contributed by atoms with E-state index >= 15 is 0 Å². The third-order valence-corrected chi connectivity index (χ3v) is 5.93. The van der Waals surface area contributed by atoms with E-state index in [0.717, 1.165) is 42.6 Å². The molecule has 7 heteroatoms. The van der Waals surface area contributed by atoms with Gasteiger partial charge in [0.1, 0.15) is 17.7 Å². The molecule has 1 saturated heterocycles. The summed E-state index contributed by atoms with van der Waals surface area (Å²) in [5, 5.41) is 2.87. The number of anilines is 2. The van der Waals surface area contributed by atoms with Crippen molar-refractivity contribution in [2.45, 2.75) is 51.2 Å². The van der Waals surface area contributed by atoms with Crippen LogP contribution < -0.4 is 19.9 Å². The Morgan fingerprint density at radius 2 is 2.03 bits per heavy atom. The molecular formula is C23H31N5O2. The third kappa shape index (κ3) is 4.66. The fourth-order valence-electron chi connectivity index (χ4n) is 3.85. The van der Waals surface area contributed by atoms with E-state index in [1.807, 2.05) is 50.4 Å². The number of ether oxygens (including phenoxy) is 1. The molecule has 1 amide bonds. The lowest BCUT2D eigenvalue weighted by atomic mass is 10.0. The van der Waals surface area contributed by atoms with Gasteiger partial charge in [0.2, 0.25) is 11.9 Å². The number of hydrogen-bond acceptors (Lipinski definition) is 6. The summed E-state index contributed by atoms with van der Waals surface area (Å²) in [4.78, 5) is 25.7. The van der Waals surface area contributed by atoms with Crippen molar-refractivity contribution >= 4 is 17.7 Å². The molecule has 4 rings (SSSR count). The summed E-state index contributed by atoms with van der Waals surface area (Å²) in [5.74, 6) is 2.49. The van der Waals surface area contributed by atoms with Gasteiger partial charge < -0.3 is 19.9 Å². The van der Waals surface area contributed by atoms with Crippen molar-refractivity contribution in [1.82, 2.24) is 15.3 Å². The van der Waals surface area contributed by atoms with Gasteiger partial charge in [0.05, 0.1) is 12.5 Å². The Balaban J connectivity index is 1.34. The maximum atomic E-state index is 12.0. The van der Waals surface area contributed by atoms with E-state index in [9.17, 15) is 4.79 Å². The molecule has 1 aromatic carbocycles. The molecule has 1 saturated carbocycles. The number of carbonyl (C=O) groups is 1. The van der Waals surface area contributed by atoms with E-state index in [-0.39, 0.29) is 17.9 Å². The zero-order chi connectivity index (χ0) is 21.1. The zero-order valence-electron chi connectivity index (χ0n) is 18.0. The van der Waals surface area contributed by atoms with Crippen LogP contribution >= 0.6 is 0 Å². The highest BCUT2D eigenvalue weighted by Gasteiger charge is 2.29. The number of carbonyl (C=O) groups excluding carboxylic acids is 1. The molecular weight excluding hydrogens is 378 g/mol. The van der Waals surface area contributed by atoms with Crippen molar-refractivity contribution in [3.05, 3.63) is 42.1 Å². The highest BCUT2D eigenvalue weighted by Crippen LogP contribution is 2.29. The molecule has 1 aliphatic heterocycles. The Labute approximate surface area is 178 Å². The Kier molecular flexibility index (Phi) is 6.06. The molecule has 2 unspecified atom stereocenters. The zero-order valence-corrected chi connectivity index (χ0v) is 18.0. The van der Waals surface area contributed by atoms with E-state index in [0.29, 0.717) is 12.6 Å². The molecule has 30 heavy (non-hydrogen) atoms. The maximum absolute atomic E-state index is 12.0. The van der Waals surface area contributed by atoms with Crippen molar-refractivity contribution in [3.63, 3.8) is 0 Å². The quantitative estimate of drug-likeness (QED) is 0.723. The molecule has 2 heterocycles. The molecule has 1 N–H and O–H groups in total. The average Bonchev–Trinajstić information content (AvgIpc) is 3.52. The standard InChI is InChI=1S/C23H31N5O2/c1-4-24-22(29)16(2)17-5-9-19(10-6-17)30-20-12-14-28(15-20)21-11-13-25-23(26-21)27(3)18-7-8-18/h5-6,9-11,13,16,18,20H,4,7-8,12,14-15H2,1-3H3,(H,24,29). The largest absolute Gasteiger partial charge is 0.489 e. The molecule has 0 spiro atoms. The molecule has 0 bridgehead atoms. The van der Waals surface area contributed by atoms with Crippen molar-refractivity contribution in [2.24, 2.45) is 0 Å². The topological polar surface area (TPSA) is 70.6 Å². The number of rotatable bonds is 8. The van der Waals surface area contributed by atoms with Crippen LogP contribution in [0, 0.1) is 0 Å². The van der Waals surface area contributed by atoms with Crippen LogP contribution in [0.15, 0.2) is 36.5 Å². The fourth-order valence-corrected chi connectivity index (χ4v) is 3.85. The predicted molar refractivity (Wildman–Crippen MR) is 118 cm³/mol. The maximum Gasteiger partial charge on any atom is 0.227 e. The highest BCUT2D eigenvalue weighted by molar-refractivity contribution is 5.83. The highest BCUT2D eigenvalue weighted by atomic mass is 16.5. The smallest absolute Gasteiger partial charge is 0.227 e. The van der Waals surface area contributed by atoms with Gasteiger partial charge in [-0.25, -0.2) is 4.98 Å². The second kappa shape index (κ2) is 8.90. The molecule has 2 atom stereocenters. The number of nitrogens with zero attached hydrogens (tertiary/aromatic N) is 4. The van der Waals surface area contributed by atoms with E-state index in [4.69, 9.17) is 9.72 Å². The van der Waals surface area contributed by atoms with Crippen LogP contribution in [0.4, 0.5) is 11.8 Å². The van der Waals surface area contributed by atoms with Gasteiger partial charge in [0.15, 0.2) is 0 Å². The Morgan fingerprint density at radius 1 is 1.27 bits per heavy atom. The van der Waals surface area contributed by atoms with Gasteiger partial charge in [-0.05, 0) is 50.5 Å². The van der Waals surface area contributed by atoms with Crippen LogP contribution in [-0.4, -0.2) is 54.7 Å². The van der Waals surface area contributed by atoms with Gasteiger partial charge in [0.25, 0.3) is 0 Å². The van der Waals surface area contributed by atoms with Crippen molar-refractivity contribution < 1.29 is 9.53 Å². The van der Waals surface area contributed by atoms with E-state index in [1.54, 1.807) is 0 Å². The number of hydrogen-bond donors (Lipinski definition) is 1. The normalized spacial score (nSPS) is 19.4. The first-order valence-corrected chi connectivity index (χ1v) is 10.9. The van der Waals surface area contributed by atoms with Crippen molar-refractivity contribution in [1.29, 1.82) is 0 Å². The molecule has 2 aliphatic rings. The summed E-state index contributed by atoms with van der Waals surface area (Å²) in [7, 11) is 2.07. The first-order valence-electron chi connectivity index (χ1n) is 10.9. The lowest BCUT2D eigenvalue weighted by Gasteiger charge is -2.21.